The summed E-state index contributed by atoms with van der Waals surface area (Å²) in [5.74, 6) is 0.694. The lowest BCUT2D eigenvalue weighted by Gasteiger charge is -2.29. The van der Waals surface area contributed by atoms with E-state index in [1.165, 1.54) is 19.3 Å². The van der Waals surface area contributed by atoms with E-state index in [2.05, 4.69) is 11.5 Å². The standard InChI is InChI=1S/C16H21NO2/c1-3-11-19-16-12-14(7-8-15(16)13(2)18)17-9-5-4-6-10-17/h3,7-8,12H,1,4-6,9-11H2,2H3. The van der Waals surface area contributed by atoms with Crippen LogP contribution in [0.2, 0.25) is 0 Å². The number of hydrogen-bond donors (Lipinski definition) is 0. The van der Waals surface area contributed by atoms with Gasteiger partial charge < -0.3 is 9.64 Å². The molecule has 1 aromatic rings. The molecule has 0 amide bonds. The molecule has 0 unspecified atom stereocenters. The van der Waals surface area contributed by atoms with Crippen molar-refractivity contribution in [2.24, 2.45) is 0 Å². The lowest BCUT2D eigenvalue weighted by atomic mass is 10.1. The number of piperidine rings is 1. The Labute approximate surface area is 114 Å². The number of ketones is 1. The number of benzene rings is 1. The number of Topliss-reactive ketones (excluding diaryl/α,β-unsaturated/α-hetero) is 1. The number of hydrogen-bond acceptors (Lipinski definition) is 3. The summed E-state index contributed by atoms with van der Waals surface area (Å²) in [5, 5.41) is 0. The van der Waals surface area contributed by atoms with Crippen LogP contribution in [-0.4, -0.2) is 25.5 Å². The third kappa shape index (κ3) is 3.37. The lowest BCUT2D eigenvalue weighted by Crippen LogP contribution is -2.29. The second-order valence-corrected chi connectivity index (χ2v) is 4.88. The van der Waals surface area contributed by atoms with E-state index in [1.807, 2.05) is 18.2 Å². The molecule has 3 heteroatoms. The number of nitrogens with zero attached hydrogens (tertiary/aromatic N) is 1. The minimum absolute atomic E-state index is 0.0317. The Balaban J connectivity index is 2.25. The third-order valence-corrected chi connectivity index (χ3v) is 3.42. The second-order valence-electron chi connectivity index (χ2n) is 4.88. The Morgan fingerprint density at radius 2 is 2.11 bits per heavy atom. The van der Waals surface area contributed by atoms with Crippen LogP contribution in [-0.2, 0) is 0 Å². The second kappa shape index (κ2) is 6.41. The molecule has 0 aromatic heterocycles. The first-order valence-electron chi connectivity index (χ1n) is 6.86. The molecule has 102 valence electrons. The highest BCUT2D eigenvalue weighted by Crippen LogP contribution is 2.28. The number of ether oxygens (including phenoxy) is 1. The van der Waals surface area contributed by atoms with E-state index in [4.69, 9.17) is 4.74 Å². The van der Waals surface area contributed by atoms with Crippen molar-refractivity contribution in [3.63, 3.8) is 0 Å². The van der Waals surface area contributed by atoms with Gasteiger partial charge in [0.25, 0.3) is 0 Å². The predicted molar refractivity (Wildman–Crippen MR) is 78.2 cm³/mol. The number of rotatable bonds is 5. The largest absolute Gasteiger partial charge is 0.489 e. The zero-order chi connectivity index (χ0) is 13.7. The fourth-order valence-corrected chi connectivity index (χ4v) is 2.42. The Kier molecular flexibility index (Phi) is 4.61. The molecule has 0 radical (unpaired) electrons. The van der Waals surface area contributed by atoms with Crippen molar-refractivity contribution in [2.75, 3.05) is 24.6 Å². The van der Waals surface area contributed by atoms with Gasteiger partial charge in [-0.15, -0.1) is 0 Å². The smallest absolute Gasteiger partial charge is 0.163 e. The van der Waals surface area contributed by atoms with Crippen LogP contribution in [0.3, 0.4) is 0 Å². The molecule has 19 heavy (non-hydrogen) atoms. The number of carbonyl (C=O) groups is 1. The van der Waals surface area contributed by atoms with E-state index in [1.54, 1.807) is 13.0 Å². The van der Waals surface area contributed by atoms with Gasteiger partial charge in [0, 0.05) is 24.8 Å². The minimum atomic E-state index is 0.0317. The van der Waals surface area contributed by atoms with Crippen LogP contribution >= 0.6 is 0 Å². The van der Waals surface area contributed by atoms with E-state index in [0.29, 0.717) is 17.9 Å². The maximum Gasteiger partial charge on any atom is 0.163 e. The van der Waals surface area contributed by atoms with Crippen LogP contribution in [0.25, 0.3) is 0 Å². The van der Waals surface area contributed by atoms with Crippen molar-refractivity contribution < 1.29 is 9.53 Å². The van der Waals surface area contributed by atoms with Crippen molar-refractivity contribution in [1.82, 2.24) is 0 Å². The molecular formula is C16H21NO2. The fourth-order valence-electron chi connectivity index (χ4n) is 2.42. The van der Waals surface area contributed by atoms with Gasteiger partial charge in [0.05, 0.1) is 5.56 Å². The van der Waals surface area contributed by atoms with Crippen molar-refractivity contribution >= 4 is 11.5 Å². The molecule has 0 saturated carbocycles. The highest BCUT2D eigenvalue weighted by Gasteiger charge is 2.15. The third-order valence-electron chi connectivity index (χ3n) is 3.42. The quantitative estimate of drug-likeness (QED) is 0.599. The summed E-state index contributed by atoms with van der Waals surface area (Å²) in [7, 11) is 0. The van der Waals surface area contributed by atoms with E-state index in [9.17, 15) is 4.79 Å². The lowest BCUT2D eigenvalue weighted by molar-refractivity contribution is 0.101. The maximum absolute atomic E-state index is 11.6. The molecule has 1 heterocycles. The molecule has 1 aliphatic rings. The van der Waals surface area contributed by atoms with Crippen LogP contribution in [0.15, 0.2) is 30.9 Å². The topological polar surface area (TPSA) is 29.5 Å². The van der Waals surface area contributed by atoms with Gasteiger partial charge in [-0.05, 0) is 38.3 Å². The highest BCUT2D eigenvalue weighted by atomic mass is 16.5. The summed E-state index contributed by atoms with van der Waals surface area (Å²) in [5.41, 5.74) is 1.78. The van der Waals surface area contributed by atoms with Crippen LogP contribution in [0.1, 0.15) is 36.5 Å². The summed E-state index contributed by atoms with van der Waals surface area (Å²) in [6.07, 6.45) is 5.47. The summed E-state index contributed by atoms with van der Waals surface area (Å²) in [6, 6.07) is 5.86. The summed E-state index contributed by atoms with van der Waals surface area (Å²) < 4.78 is 5.61. The van der Waals surface area contributed by atoms with Gasteiger partial charge in [0.1, 0.15) is 12.4 Å². The average molecular weight is 259 g/mol. The molecule has 0 aliphatic carbocycles. The van der Waals surface area contributed by atoms with Crippen molar-refractivity contribution in [3.05, 3.63) is 36.4 Å². The molecule has 1 saturated heterocycles. The average Bonchev–Trinajstić information content (AvgIpc) is 2.45. The highest BCUT2D eigenvalue weighted by molar-refractivity contribution is 5.97. The first-order chi connectivity index (χ1) is 9.22. The molecule has 0 atom stereocenters. The molecule has 1 aromatic carbocycles. The SMILES string of the molecule is C=CCOc1cc(N2CCCCC2)ccc1C(C)=O. The van der Waals surface area contributed by atoms with Crippen LogP contribution in [0, 0.1) is 0 Å². The van der Waals surface area contributed by atoms with Gasteiger partial charge in [-0.3, -0.25) is 4.79 Å². The number of anilines is 1. The Morgan fingerprint density at radius 3 is 2.74 bits per heavy atom. The molecule has 0 spiro atoms. The van der Waals surface area contributed by atoms with Gasteiger partial charge in [-0.1, -0.05) is 12.7 Å². The molecule has 1 aliphatic heterocycles. The minimum Gasteiger partial charge on any atom is -0.489 e. The van der Waals surface area contributed by atoms with E-state index in [0.717, 1.165) is 18.8 Å². The van der Waals surface area contributed by atoms with Crippen LogP contribution < -0.4 is 9.64 Å². The van der Waals surface area contributed by atoms with Crippen molar-refractivity contribution in [1.29, 1.82) is 0 Å². The molecule has 0 N–H and O–H groups in total. The molecule has 1 fully saturated rings. The first kappa shape index (κ1) is 13.7. The predicted octanol–water partition coefficient (Wildman–Crippen LogP) is 3.44. The van der Waals surface area contributed by atoms with Gasteiger partial charge in [-0.2, -0.15) is 0 Å². The van der Waals surface area contributed by atoms with Gasteiger partial charge in [0.15, 0.2) is 5.78 Å². The van der Waals surface area contributed by atoms with Gasteiger partial charge >= 0.3 is 0 Å². The summed E-state index contributed by atoms with van der Waals surface area (Å²) in [6.45, 7) is 7.80. The Hall–Kier alpha value is -1.77. The van der Waals surface area contributed by atoms with Gasteiger partial charge in [0.2, 0.25) is 0 Å². The van der Waals surface area contributed by atoms with Gasteiger partial charge in [-0.25, -0.2) is 0 Å². The Morgan fingerprint density at radius 1 is 1.37 bits per heavy atom. The zero-order valence-corrected chi connectivity index (χ0v) is 11.5. The fraction of sp³-hybridized carbons (Fsp3) is 0.438. The van der Waals surface area contributed by atoms with Crippen LogP contribution in [0.4, 0.5) is 5.69 Å². The number of carbonyl (C=O) groups excluding carboxylic acids is 1. The van der Waals surface area contributed by atoms with E-state index < -0.39 is 0 Å². The molecule has 3 nitrogen and oxygen atoms in total. The molecular weight excluding hydrogens is 238 g/mol. The molecule has 2 rings (SSSR count). The summed E-state index contributed by atoms with van der Waals surface area (Å²) in [4.78, 5) is 14.0. The zero-order valence-electron chi connectivity index (χ0n) is 11.5. The Bertz CT molecular complexity index is 462. The maximum atomic E-state index is 11.6. The van der Waals surface area contributed by atoms with Crippen molar-refractivity contribution in [2.45, 2.75) is 26.2 Å². The first-order valence-corrected chi connectivity index (χ1v) is 6.86. The monoisotopic (exact) mass is 259 g/mol. The van der Waals surface area contributed by atoms with Crippen LogP contribution in [0.5, 0.6) is 5.75 Å². The normalized spacial score (nSPS) is 15.1. The molecule has 0 bridgehead atoms. The van der Waals surface area contributed by atoms with Crippen molar-refractivity contribution in [3.8, 4) is 5.75 Å². The van der Waals surface area contributed by atoms with E-state index >= 15 is 0 Å². The summed E-state index contributed by atoms with van der Waals surface area (Å²) >= 11 is 0. The van der Waals surface area contributed by atoms with E-state index in [-0.39, 0.29) is 5.78 Å².